The minimum Gasteiger partial charge on any atom is -0.367 e. The molecular formula is C15H17NO3. The van der Waals surface area contributed by atoms with Crippen LogP contribution in [0.15, 0.2) is 24.3 Å². The number of imide groups is 1. The van der Waals surface area contributed by atoms with Crippen molar-refractivity contribution in [2.45, 2.75) is 38.4 Å². The minimum absolute atomic E-state index is 0.0258. The molecule has 1 aromatic carbocycles. The van der Waals surface area contributed by atoms with Gasteiger partial charge in [-0.25, -0.2) is 0 Å². The molecule has 0 N–H and O–H groups in total. The predicted octanol–water partition coefficient (Wildman–Crippen LogP) is 2.24. The van der Waals surface area contributed by atoms with E-state index in [1.54, 1.807) is 24.3 Å². The standard InChI is InChI=1S/C15H17NO3/c1-15(2)12(19-15)8-5-9-16-13(17)10-6-3-4-7-11(10)14(16)18/h3-4,6-7,12H,5,8-9H2,1-2H3. The van der Waals surface area contributed by atoms with Crippen LogP contribution in [-0.2, 0) is 4.74 Å². The zero-order valence-electron chi connectivity index (χ0n) is 11.2. The molecule has 1 aromatic rings. The maximum absolute atomic E-state index is 12.1. The van der Waals surface area contributed by atoms with Crippen LogP contribution in [0.25, 0.3) is 0 Å². The monoisotopic (exact) mass is 259 g/mol. The van der Waals surface area contributed by atoms with Gasteiger partial charge in [0.15, 0.2) is 0 Å². The molecule has 100 valence electrons. The highest BCUT2D eigenvalue weighted by Gasteiger charge is 2.47. The van der Waals surface area contributed by atoms with Crippen LogP contribution < -0.4 is 0 Å². The number of ether oxygens (including phenoxy) is 1. The second-order valence-electron chi connectivity index (χ2n) is 5.66. The molecule has 2 aliphatic rings. The number of fused-ring (bicyclic) bond motifs is 1. The Morgan fingerprint density at radius 2 is 1.68 bits per heavy atom. The van der Waals surface area contributed by atoms with E-state index in [-0.39, 0.29) is 23.5 Å². The Kier molecular flexibility index (Phi) is 2.71. The Balaban J connectivity index is 1.61. The first-order chi connectivity index (χ1) is 9.00. The minimum atomic E-state index is -0.170. The summed E-state index contributed by atoms with van der Waals surface area (Å²) in [6.45, 7) is 4.58. The molecule has 0 spiro atoms. The summed E-state index contributed by atoms with van der Waals surface area (Å²) in [5, 5.41) is 0. The smallest absolute Gasteiger partial charge is 0.261 e. The van der Waals surface area contributed by atoms with Crippen molar-refractivity contribution in [3.8, 4) is 0 Å². The summed E-state index contributed by atoms with van der Waals surface area (Å²) in [5.74, 6) is -0.340. The summed E-state index contributed by atoms with van der Waals surface area (Å²) in [5.41, 5.74) is 1.02. The highest BCUT2D eigenvalue weighted by atomic mass is 16.6. The van der Waals surface area contributed by atoms with Crippen molar-refractivity contribution in [1.29, 1.82) is 0 Å². The van der Waals surface area contributed by atoms with Crippen LogP contribution in [0, 0.1) is 0 Å². The van der Waals surface area contributed by atoms with Crippen LogP contribution in [0.5, 0.6) is 0 Å². The fourth-order valence-electron chi connectivity index (χ4n) is 2.62. The van der Waals surface area contributed by atoms with Gasteiger partial charge in [-0.2, -0.15) is 0 Å². The lowest BCUT2D eigenvalue weighted by Crippen LogP contribution is -2.31. The molecule has 1 unspecified atom stereocenters. The van der Waals surface area contributed by atoms with Crippen molar-refractivity contribution in [3.63, 3.8) is 0 Å². The van der Waals surface area contributed by atoms with Gasteiger partial charge < -0.3 is 4.74 Å². The van der Waals surface area contributed by atoms with Gasteiger partial charge in [0.05, 0.1) is 22.8 Å². The first kappa shape index (κ1) is 12.4. The van der Waals surface area contributed by atoms with Gasteiger partial charge in [0, 0.05) is 6.54 Å². The molecule has 19 heavy (non-hydrogen) atoms. The molecule has 1 fully saturated rings. The molecule has 1 saturated heterocycles. The van der Waals surface area contributed by atoms with Gasteiger partial charge in [0.25, 0.3) is 11.8 Å². The fraction of sp³-hybridized carbons (Fsp3) is 0.467. The van der Waals surface area contributed by atoms with Gasteiger partial charge in [0.2, 0.25) is 0 Å². The molecule has 3 rings (SSSR count). The summed E-state index contributed by atoms with van der Waals surface area (Å²) in [6, 6.07) is 6.99. The second kappa shape index (κ2) is 4.17. The Morgan fingerprint density at radius 1 is 1.16 bits per heavy atom. The van der Waals surface area contributed by atoms with E-state index in [1.807, 2.05) is 0 Å². The molecule has 2 amide bonds. The summed E-state index contributed by atoms with van der Waals surface area (Å²) in [6.07, 6.45) is 1.95. The van der Waals surface area contributed by atoms with Crippen LogP contribution >= 0.6 is 0 Å². The van der Waals surface area contributed by atoms with E-state index in [2.05, 4.69) is 13.8 Å². The van der Waals surface area contributed by atoms with E-state index >= 15 is 0 Å². The van der Waals surface area contributed by atoms with Crippen molar-refractivity contribution >= 4 is 11.8 Å². The van der Waals surface area contributed by atoms with Crippen LogP contribution in [0.2, 0.25) is 0 Å². The molecule has 1 atom stereocenters. The number of hydrogen-bond acceptors (Lipinski definition) is 3. The number of hydrogen-bond donors (Lipinski definition) is 0. The van der Waals surface area contributed by atoms with E-state index in [9.17, 15) is 9.59 Å². The van der Waals surface area contributed by atoms with Crippen molar-refractivity contribution < 1.29 is 14.3 Å². The third-order valence-electron chi connectivity index (χ3n) is 3.89. The maximum Gasteiger partial charge on any atom is 0.261 e. The Labute approximate surface area is 112 Å². The predicted molar refractivity (Wildman–Crippen MR) is 70.0 cm³/mol. The molecule has 0 saturated carbocycles. The van der Waals surface area contributed by atoms with E-state index in [1.165, 1.54) is 4.90 Å². The molecule has 0 aromatic heterocycles. The molecule has 4 heteroatoms. The average Bonchev–Trinajstić information content (AvgIpc) is 2.92. The summed E-state index contributed by atoms with van der Waals surface area (Å²) in [7, 11) is 0. The van der Waals surface area contributed by atoms with Crippen LogP contribution in [0.4, 0.5) is 0 Å². The van der Waals surface area contributed by atoms with Gasteiger partial charge in [-0.15, -0.1) is 0 Å². The molecule has 0 radical (unpaired) electrons. The van der Waals surface area contributed by atoms with Crippen molar-refractivity contribution in [2.24, 2.45) is 0 Å². The number of nitrogens with zero attached hydrogens (tertiary/aromatic N) is 1. The van der Waals surface area contributed by atoms with Gasteiger partial charge in [0.1, 0.15) is 0 Å². The quantitative estimate of drug-likeness (QED) is 0.615. The van der Waals surface area contributed by atoms with Gasteiger partial charge in [-0.1, -0.05) is 12.1 Å². The van der Waals surface area contributed by atoms with Gasteiger partial charge in [-0.05, 0) is 38.8 Å². The van der Waals surface area contributed by atoms with Gasteiger partial charge in [-0.3, -0.25) is 14.5 Å². The first-order valence-electron chi connectivity index (χ1n) is 6.64. The zero-order chi connectivity index (χ0) is 13.6. The van der Waals surface area contributed by atoms with Crippen LogP contribution in [0.3, 0.4) is 0 Å². The van der Waals surface area contributed by atoms with Gasteiger partial charge >= 0.3 is 0 Å². The Bertz CT molecular complexity index is 515. The number of carbonyl (C=O) groups excluding carboxylic acids is 2. The molecule has 2 aliphatic heterocycles. The number of amides is 2. The molecular weight excluding hydrogens is 242 g/mol. The molecule has 2 heterocycles. The van der Waals surface area contributed by atoms with E-state index in [4.69, 9.17) is 4.74 Å². The largest absolute Gasteiger partial charge is 0.367 e. The number of epoxide rings is 1. The highest BCUT2D eigenvalue weighted by Crippen LogP contribution is 2.38. The number of benzene rings is 1. The van der Waals surface area contributed by atoms with E-state index in [0.29, 0.717) is 17.7 Å². The number of carbonyl (C=O) groups is 2. The Hall–Kier alpha value is -1.68. The fourth-order valence-corrected chi connectivity index (χ4v) is 2.62. The third-order valence-corrected chi connectivity index (χ3v) is 3.89. The molecule has 0 aliphatic carbocycles. The topological polar surface area (TPSA) is 49.9 Å². The maximum atomic E-state index is 12.1. The first-order valence-corrected chi connectivity index (χ1v) is 6.64. The van der Waals surface area contributed by atoms with E-state index < -0.39 is 0 Å². The lowest BCUT2D eigenvalue weighted by atomic mass is 10.1. The molecule has 0 bridgehead atoms. The zero-order valence-corrected chi connectivity index (χ0v) is 11.2. The Morgan fingerprint density at radius 3 is 2.16 bits per heavy atom. The normalized spacial score (nSPS) is 23.7. The summed E-state index contributed by atoms with van der Waals surface area (Å²) < 4.78 is 5.50. The lowest BCUT2D eigenvalue weighted by Gasteiger charge is -2.13. The van der Waals surface area contributed by atoms with Crippen LogP contribution in [0.1, 0.15) is 47.4 Å². The third kappa shape index (κ3) is 2.06. The SMILES string of the molecule is CC1(C)OC1CCCN1C(=O)c2ccccc2C1=O. The average molecular weight is 259 g/mol. The summed E-state index contributed by atoms with van der Waals surface area (Å²) in [4.78, 5) is 25.5. The lowest BCUT2D eigenvalue weighted by molar-refractivity contribution is 0.0650. The van der Waals surface area contributed by atoms with E-state index in [0.717, 1.165) is 12.8 Å². The highest BCUT2D eigenvalue weighted by molar-refractivity contribution is 6.21. The second-order valence-corrected chi connectivity index (χ2v) is 5.66. The molecule has 4 nitrogen and oxygen atoms in total. The van der Waals surface area contributed by atoms with Crippen molar-refractivity contribution in [2.75, 3.05) is 6.54 Å². The van der Waals surface area contributed by atoms with Crippen molar-refractivity contribution in [1.82, 2.24) is 4.90 Å². The number of rotatable bonds is 4. The van der Waals surface area contributed by atoms with Crippen molar-refractivity contribution in [3.05, 3.63) is 35.4 Å². The van der Waals surface area contributed by atoms with Crippen LogP contribution in [-0.4, -0.2) is 35.0 Å². The summed E-state index contributed by atoms with van der Waals surface area (Å²) >= 11 is 0.